The van der Waals surface area contributed by atoms with Crippen LogP contribution in [0, 0.1) is 0 Å². The van der Waals surface area contributed by atoms with Crippen molar-refractivity contribution in [3.8, 4) is 0 Å². The Morgan fingerprint density at radius 1 is 1.17 bits per heavy atom. The molecule has 2 amide bonds. The van der Waals surface area contributed by atoms with E-state index in [0.29, 0.717) is 18.6 Å². The van der Waals surface area contributed by atoms with Crippen molar-refractivity contribution in [1.82, 2.24) is 10.6 Å². The number of carbonyl (C=O) groups excluding carboxylic acids is 1. The SMILES string of the molecule is CCC(O)(CC)CNC(=O)NC(c1ccccc1)c1ccco1. The third kappa shape index (κ3) is 4.60. The molecule has 124 valence electrons. The van der Waals surface area contributed by atoms with Crippen LogP contribution in [0.5, 0.6) is 0 Å². The number of benzene rings is 1. The molecule has 0 radical (unpaired) electrons. The van der Waals surface area contributed by atoms with Gasteiger partial charge in [-0.15, -0.1) is 0 Å². The molecule has 0 aliphatic rings. The van der Waals surface area contributed by atoms with Crippen molar-refractivity contribution in [3.63, 3.8) is 0 Å². The van der Waals surface area contributed by atoms with Crippen LogP contribution in [-0.4, -0.2) is 23.3 Å². The lowest BCUT2D eigenvalue weighted by Gasteiger charge is -2.26. The quantitative estimate of drug-likeness (QED) is 0.734. The van der Waals surface area contributed by atoms with Gasteiger partial charge < -0.3 is 20.2 Å². The summed E-state index contributed by atoms with van der Waals surface area (Å²) in [5, 5.41) is 15.9. The van der Waals surface area contributed by atoms with Gasteiger partial charge in [0.15, 0.2) is 0 Å². The Hall–Kier alpha value is -2.27. The first-order valence-corrected chi connectivity index (χ1v) is 7.93. The smallest absolute Gasteiger partial charge is 0.315 e. The summed E-state index contributed by atoms with van der Waals surface area (Å²) >= 11 is 0. The first-order chi connectivity index (χ1) is 11.1. The second-order valence-electron chi connectivity index (χ2n) is 5.62. The highest BCUT2D eigenvalue weighted by Crippen LogP contribution is 2.22. The molecule has 1 aromatic carbocycles. The molecule has 5 heteroatoms. The monoisotopic (exact) mass is 316 g/mol. The van der Waals surface area contributed by atoms with Crippen molar-refractivity contribution in [2.24, 2.45) is 0 Å². The highest BCUT2D eigenvalue weighted by Gasteiger charge is 2.24. The highest BCUT2D eigenvalue weighted by molar-refractivity contribution is 5.75. The van der Waals surface area contributed by atoms with E-state index in [1.807, 2.05) is 50.2 Å². The third-order valence-electron chi connectivity index (χ3n) is 4.13. The number of aliphatic hydroxyl groups is 1. The molecular weight excluding hydrogens is 292 g/mol. The zero-order chi connectivity index (χ0) is 16.7. The van der Waals surface area contributed by atoms with E-state index >= 15 is 0 Å². The Bertz CT molecular complexity index is 592. The molecule has 3 N–H and O–H groups in total. The number of nitrogens with one attached hydrogen (secondary N) is 2. The van der Waals surface area contributed by atoms with Gasteiger partial charge in [-0.1, -0.05) is 44.2 Å². The van der Waals surface area contributed by atoms with Gasteiger partial charge in [-0.3, -0.25) is 0 Å². The molecule has 1 heterocycles. The first-order valence-electron chi connectivity index (χ1n) is 7.93. The van der Waals surface area contributed by atoms with Crippen LogP contribution in [0.25, 0.3) is 0 Å². The lowest BCUT2D eigenvalue weighted by Crippen LogP contribution is -2.46. The molecule has 0 aliphatic carbocycles. The maximum Gasteiger partial charge on any atom is 0.315 e. The van der Waals surface area contributed by atoms with Crippen molar-refractivity contribution < 1.29 is 14.3 Å². The van der Waals surface area contributed by atoms with Crippen LogP contribution < -0.4 is 10.6 Å². The van der Waals surface area contributed by atoms with E-state index in [1.165, 1.54) is 0 Å². The van der Waals surface area contributed by atoms with Crippen molar-refractivity contribution in [2.75, 3.05) is 6.54 Å². The second kappa shape index (κ2) is 7.83. The third-order valence-corrected chi connectivity index (χ3v) is 4.13. The van der Waals surface area contributed by atoms with Gasteiger partial charge in [0.25, 0.3) is 0 Å². The molecule has 1 aromatic heterocycles. The van der Waals surface area contributed by atoms with Crippen molar-refractivity contribution >= 4 is 6.03 Å². The van der Waals surface area contributed by atoms with Gasteiger partial charge >= 0.3 is 6.03 Å². The van der Waals surface area contributed by atoms with Crippen LogP contribution in [0.1, 0.15) is 44.1 Å². The molecule has 2 aromatic rings. The second-order valence-corrected chi connectivity index (χ2v) is 5.62. The standard InChI is InChI=1S/C18H24N2O3/c1-3-18(22,4-2)13-19-17(21)20-16(15-11-8-12-23-15)14-9-6-5-7-10-14/h5-12,16,22H,3-4,13H2,1-2H3,(H2,19,20,21). The minimum Gasteiger partial charge on any atom is -0.467 e. The summed E-state index contributed by atoms with van der Waals surface area (Å²) < 4.78 is 5.45. The van der Waals surface area contributed by atoms with Gasteiger partial charge in [-0.05, 0) is 30.5 Å². The maximum absolute atomic E-state index is 12.2. The lowest BCUT2D eigenvalue weighted by atomic mass is 9.98. The summed E-state index contributed by atoms with van der Waals surface area (Å²) in [6.07, 6.45) is 2.76. The molecule has 23 heavy (non-hydrogen) atoms. The van der Waals surface area contributed by atoms with Gasteiger partial charge in [-0.25, -0.2) is 4.79 Å². The van der Waals surface area contributed by atoms with Crippen molar-refractivity contribution in [1.29, 1.82) is 0 Å². The number of hydrogen-bond acceptors (Lipinski definition) is 3. The molecule has 0 aliphatic heterocycles. The fourth-order valence-electron chi connectivity index (χ4n) is 2.35. The predicted octanol–water partition coefficient (Wildman–Crippen LogP) is 3.22. The maximum atomic E-state index is 12.2. The highest BCUT2D eigenvalue weighted by atomic mass is 16.3. The van der Waals surface area contributed by atoms with E-state index in [1.54, 1.807) is 12.3 Å². The minimum atomic E-state index is -0.871. The van der Waals surface area contributed by atoms with E-state index in [-0.39, 0.29) is 18.6 Å². The molecular formula is C18H24N2O3. The minimum absolute atomic E-state index is 0.214. The van der Waals surface area contributed by atoms with Gasteiger partial charge in [0, 0.05) is 6.54 Å². The average Bonchev–Trinajstić information content (AvgIpc) is 3.12. The Balaban J connectivity index is 2.05. The van der Waals surface area contributed by atoms with Gasteiger partial charge in [-0.2, -0.15) is 0 Å². The lowest BCUT2D eigenvalue weighted by molar-refractivity contribution is 0.0349. The van der Waals surface area contributed by atoms with Gasteiger partial charge in [0.1, 0.15) is 11.8 Å². The number of amides is 2. The molecule has 0 saturated carbocycles. The predicted molar refractivity (Wildman–Crippen MR) is 89.1 cm³/mol. The van der Waals surface area contributed by atoms with Gasteiger partial charge in [0.2, 0.25) is 0 Å². The Kier molecular flexibility index (Phi) is 5.82. The molecule has 0 fully saturated rings. The van der Waals surface area contributed by atoms with Crippen LogP contribution in [0.3, 0.4) is 0 Å². The van der Waals surface area contributed by atoms with E-state index in [2.05, 4.69) is 10.6 Å². The summed E-state index contributed by atoms with van der Waals surface area (Å²) in [5.74, 6) is 0.660. The fraction of sp³-hybridized carbons (Fsp3) is 0.389. The molecule has 1 unspecified atom stereocenters. The number of hydrogen-bond donors (Lipinski definition) is 3. The van der Waals surface area contributed by atoms with Gasteiger partial charge in [0.05, 0.1) is 11.9 Å². The first kappa shape index (κ1) is 17.1. The van der Waals surface area contributed by atoms with Crippen LogP contribution in [0.4, 0.5) is 4.79 Å². The Morgan fingerprint density at radius 2 is 1.87 bits per heavy atom. The zero-order valence-electron chi connectivity index (χ0n) is 13.6. The summed E-state index contributed by atoms with van der Waals surface area (Å²) in [6, 6.07) is 12.5. The average molecular weight is 316 g/mol. The molecule has 0 spiro atoms. The number of carbonyl (C=O) groups is 1. The fourth-order valence-corrected chi connectivity index (χ4v) is 2.35. The number of furan rings is 1. The van der Waals surface area contributed by atoms with E-state index < -0.39 is 5.60 Å². The number of rotatable bonds is 7. The summed E-state index contributed by atoms with van der Waals surface area (Å²) in [5.41, 5.74) is 0.0587. The number of urea groups is 1. The van der Waals surface area contributed by atoms with Crippen molar-refractivity contribution in [2.45, 2.75) is 38.3 Å². The largest absolute Gasteiger partial charge is 0.467 e. The van der Waals surface area contributed by atoms with Crippen LogP contribution in [0.15, 0.2) is 53.1 Å². The van der Waals surface area contributed by atoms with Crippen LogP contribution in [-0.2, 0) is 0 Å². The normalized spacial score (nSPS) is 12.7. The van der Waals surface area contributed by atoms with Crippen molar-refractivity contribution in [3.05, 3.63) is 60.1 Å². The molecule has 0 saturated heterocycles. The summed E-state index contributed by atoms with van der Waals surface area (Å²) in [7, 11) is 0. The Morgan fingerprint density at radius 3 is 2.43 bits per heavy atom. The van der Waals surface area contributed by atoms with Crippen LogP contribution in [0.2, 0.25) is 0 Å². The Labute approximate surface area is 136 Å². The summed E-state index contributed by atoms with van der Waals surface area (Å²) in [4.78, 5) is 12.2. The topological polar surface area (TPSA) is 74.5 Å². The molecule has 1 atom stereocenters. The molecule has 0 bridgehead atoms. The van der Waals surface area contributed by atoms with E-state index in [0.717, 1.165) is 5.56 Å². The zero-order valence-corrected chi connectivity index (χ0v) is 13.6. The van der Waals surface area contributed by atoms with E-state index in [4.69, 9.17) is 4.42 Å². The van der Waals surface area contributed by atoms with Crippen LogP contribution >= 0.6 is 0 Å². The summed E-state index contributed by atoms with van der Waals surface area (Å²) in [6.45, 7) is 4.02. The molecule has 5 nitrogen and oxygen atoms in total. The molecule has 2 rings (SSSR count). The van der Waals surface area contributed by atoms with E-state index in [9.17, 15) is 9.90 Å².